The summed E-state index contributed by atoms with van der Waals surface area (Å²) in [5, 5.41) is 3.32. The normalized spacial score (nSPS) is 12.8. The summed E-state index contributed by atoms with van der Waals surface area (Å²) in [6.07, 6.45) is 0. The van der Waals surface area contributed by atoms with Crippen LogP contribution >= 0.6 is 11.6 Å². The van der Waals surface area contributed by atoms with Crippen LogP contribution < -0.4 is 5.32 Å². The summed E-state index contributed by atoms with van der Waals surface area (Å²) in [5.74, 6) is 0.623. The molecule has 0 saturated heterocycles. The first-order valence-corrected chi connectivity index (χ1v) is 4.76. The molecule has 0 amide bonds. The standard InChI is InChI=1S/C10H14ClN/c1-2-12-10(8-11)9-6-4-3-5-7-9/h3-7,10,12H,2,8H2,1H3. The molecule has 12 heavy (non-hydrogen) atoms. The molecule has 0 aliphatic rings. The topological polar surface area (TPSA) is 12.0 Å². The molecule has 0 aliphatic heterocycles. The maximum absolute atomic E-state index is 5.82. The van der Waals surface area contributed by atoms with Gasteiger partial charge in [0.2, 0.25) is 0 Å². The van der Waals surface area contributed by atoms with Crippen LogP contribution in [0.4, 0.5) is 0 Å². The highest BCUT2D eigenvalue weighted by Crippen LogP contribution is 2.13. The van der Waals surface area contributed by atoms with Crippen molar-refractivity contribution in [2.24, 2.45) is 0 Å². The Hall–Kier alpha value is -0.530. The first-order chi connectivity index (χ1) is 5.88. The molecule has 0 bridgehead atoms. The van der Waals surface area contributed by atoms with Crippen LogP contribution in [0, 0.1) is 0 Å². The molecule has 0 aliphatic carbocycles. The average molecular weight is 184 g/mol. The van der Waals surface area contributed by atoms with Gasteiger partial charge in [0.15, 0.2) is 0 Å². The molecule has 0 spiro atoms. The van der Waals surface area contributed by atoms with Gasteiger partial charge in [-0.3, -0.25) is 0 Å². The third-order valence-electron chi connectivity index (χ3n) is 1.81. The van der Waals surface area contributed by atoms with Crippen LogP contribution in [-0.4, -0.2) is 12.4 Å². The third-order valence-corrected chi connectivity index (χ3v) is 2.12. The fraction of sp³-hybridized carbons (Fsp3) is 0.400. The van der Waals surface area contributed by atoms with Crippen molar-refractivity contribution in [3.05, 3.63) is 35.9 Å². The Balaban J connectivity index is 2.66. The van der Waals surface area contributed by atoms with Crippen molar-refractivity contribution in [2.75, 3.05) is 12.4 Å². The van der Waals surface area contributed by atoms with E-state index >= 15 is 0 Å². The molecule has 2 heteroatoms. The fourth-order valence-corrected chi connectivity index (χ4v) is 1.48. The summed E-state index contributed by atoms with van der Waals surface area (Å²) >= 11 is 5.82. The second kappa shape index (κ2) is 5.18. The molecule has 1 rings (SSSR count). The van der Waals surface area contributed by atoms with Crippen molar-refractivity contribution in [1.82, 2.24) is 5.32 Å². The van der Waals surface area contributed by atoms with E-state index in [2.05, 4.69) is 24.4 Å². The Bertz CT molecular complexity index is 210. The summed E-state index contributed by atoms with van der Waals surface area (Å²) in [5.41, 5.74) is 1.26. The van der Waals surface area contributed by atoms with Crippen molar-refractivity contribution in [1.29, 1.82) is 0 Å². The predicted octanol–water partition coefficient (Wildman–Crippen LogP) is 2.58. The number of nitrogens with one attached hydrogen (secondary N) is 1. The minimum atomic E-state index is 0.290. The van der Waals surface area contributed by atoms with Gasteiger partial charge in [0.05, 0.1) is 0 Å². The van der Waals surface area contributed by atoms with E-state index in [-0.39, 0.29) is 6.04 Å². The third kappa shape index (κ3) is 2.50. The van der Waals surface area contributed by atoms with Crippen molar-refractivity contribution < 1.29 is 0 Å². The maximum atomic E-state index is 5.82. The molecular formula is C10H14ClN. The zero-order chi connectivity index (χ0) is 8.81. The summed E-state index contributed by atoms with van der Waals surface area (Å²) < 4.78 is 0. The van der Waals surface area contributed by atoms with Gasteiger partial charge in [-0.2, -0.15) is 0 Å². The van der Waals surface area contributed by atoms with Crippen LogP contribution in [0.25, 0.3) is 0 Å². The van der Waals surface area contributed by atoms with E-state index in [1.807, 2.05) is 18.2 Å². The number of benzene rings is 1. The first-order valence-electron chi connectivity index (χ1n) is 4.22. The van der Waals surface area contributed by atoms with Crippen molar-refractivity contribution in [3.63, 3.8) is 0 Å². The minimum absolute atomic E-state index is 0.290. The highest BCUT2D eigenvalue weighted by atomic mass is 35.5. The van der Waals surface area contributed by atoms with Gasteiger partial charge in [-0.25, -0.2) is 0 Å². The van der Waals surface area contributed by atoms with Gasteiger partial charge in [0.1, 0.15) is 0 Å². The van der Waals surface area contributed by atoms with E-state index in [4.69, 9.17) is 11.6 Å². The molecule has 0 aromatic heterocycles. The lowest BCUT2D eigenvalue weighted by Crippen LogP contribution is -2.21. The number of halogens is 1. The Kier molecular flexibility index (Phi) is 4.12. The van der Waals surface area contributed by atoms with Gasteiger partial charge in [-0.05, 0) is 12.1 Å². The van der Waals surface area contributed by atoms with Gasteiger partial charge in [0, 0.05) is 11.9 Å². The molecule has 1 aromatic rings. The molecular weight excluding hydrogens is 170 g/mol. The monoisotopic (exact) mass is 183 g/mol. The highest BCUT2D eigenvalue weighted by molar-refractivity contribution is 6.18. The van der Waals surface area contributed by atoms with E-state index in [0.29, 0.717) is 5.88 Å². The van der Waals surface area contributed by atoms with Gasteiger partial charge in [0.25, 0.3) is 0 Å². The molecule has 1 aromatic carbocycles. The maximum Gasteiger partial charge on any atom is 0.0457 e. The van der Waals surface area contributed by atoms with Gasteiger partial charge in [-0.15, -0.1) is 11.6 Å². The predicted molar refractivity (Wildman–Crippen MR) is 53.6 cm³/mol. The SMILES string of the molecule is CCNC(CCl)c1ccccc1. The Morgan fingerprint density at radius 3 is 2.50 bits per heavy atom. The average Bonchev–Trinajstić information content (AvgIpc) is 2.15. The van der Waals surface area contributed by atoms with Gasteiger partial charge >= 0.3 is 0 Å². The molecule has 0 heterocycles. The van der Waals surface area contributed by atoms with E-state index in [9.17, 15) is 0 Å². The molecule has 0 fully saturated rings. The van der Waals surface area contributed by atoms with Gasteiger partial charge in [-0.1, -0.05) is 37.3 Å². The molecule has 1 unspecified atom stereocenters. The highest BCUT2D eigenvalue weighted by Gasteiger charge is 2.06. The number of alkyl halides is 1. The smallest absolute Gasteiger partial charge is 0.0457 e. The zero-order valence-electron chi connectivity index (χ0n) is 7.26. The minimum Gasteiger partial charge on any atom is -0.309 e. The van der Waals surface area contributed by atoms with Crippen molar-refractivity contribution in [3.8, 4) is 0 Å². The molecule has 0 saturated carbocycles. The van der Waals surface area contributed by atoms with E-state index < -0.39 is 0 Å². The lowest BCUT2D eigenvalue weighted by molar-refractivity contribution is 0.603. The molecule has 66 valence electrons. The summed E-state index contributed by atoms with van der Waals surface area (Å²) in [6, 6.07) is 10.6. The summed E-state index contributed by atoms with van der Waals surface area (Å²) in [6.45, 7) is 3.04. The van der Waals surface area contributed by atoms with Crippen LogP contribution in [0.15, 0.2) is 30.3 Å². The van der Waals surface area contributed by atoms with E-state index in [0.717, 1.165) is 6.54 Å². The van der Waals surface area contributed by atoms with Crippen LogP contribution in [-0.2, 0) is 0 Å². The first kappa shape index (κ1) is 9.56. The van der Waals surface area contributed by atoms with E-state index in [1.54, 1.807) is 0 Å². The van der Waals surface area contributed by atoms with E-state index in [1.165, 1.54) is 5.56 Å². The van der Waals surface area contributed by atoms with Crippen molar-refractivity contribution >= 4 is 11.6 Å². The largest absolute Gasteiger partial charge is 0.309 e. The van der Waals surface area contributed by atoms with Crippen LogP contribution in [0.3, 0.4) is 0 Å². The number of rotatable bonds is 4. The zero-order valence-corrected chi connectivity index (χ0v) is 8.01. The van der Waals surface area contributed by atoms with Crippen molar-refractivity contribution in [2.45, 2.75) is 13.0 Å². The molecule has 1 N–H and O–H groups in total. The van der Waals surface area contributed by atoms with Crippen LogP contribution in [0.1, 0.15) is 18.5 Å². The second-order valence-corrected chi connectivity index (χ2v) is 2.98. The molecule has 1 atom stereocenters. The van der Waals surface area contributed by atoms with Crippen LogP contribution in [0.2, 0.25) is 0 Å². The Morgan fingerprint density at radius 1 is 1.33 bits per heavy atom. The number of hydrogen-bond donors (Lipinski definition) is 1. The molecule has 1 nitrogen and oxygen atoms in total. The van der Waals surface area contributed by atoms with Gasteiger partial charge < -0.3 is 5.32 Å². The summed E-state index contributed by atoms with van der Waals surface area (Å²) in [7, 11) is 0. The summed E-state index contributed by atoms with van der Waals surface area (Å²) in [4.78, 5) is 0. The quantitative estimate of drug-likeness (QED) is 0.708. The second-order valence-electron chi connectivity index (χ2n) is 2.68. The number of hydrogen-bond acceptors (Lipinski definition) is 1. The fourth-order valence-electron chi connectivity index (χ4n) is 1.19. The Labute approximate surface area is 78.7 Å². The Morgan fingerprint density at radius 2 is 2.00 bits per heavy atom. The lowest BCUT2D eigenvalue weighted by Gasteiger charge is -2.14. The molecule has 0 radical (unpaired) electrons. The van der Waals surface area contributed by atoms with Crippen LogP contribution in [0.5, 0.6) is 0 Å². The lowest BCUT2D eigenvalue weighted by atomic mass is 10.1.